The molecule has 1 nitrogen and oxygen atoms in total. The van der Waals surface area contributed by atoms with Crippen LogP contribution in [0.4, 0.5) is 4.39 Å². The number of hydrogen-bond donors (Lipinski definition) is 1. The van der Waals surface area contributed by atoms with E-state index in [9.17, 15) is 4.39 Å². The summed E-state index contributed by atoms with van der Waals surface area (Å²) in [4.78, 5) is 0. The van der Waals surface area contributed by atoms with Crippen molar-refractivity contribution in [3.8, 4) is 0 Å². The summed E-state index contributed by atoms with van der Waals surface area (Å²) in [7, 11) is 0. The summed E-state index contributed by atoms with van der Waals surface area (Å²) in [5, 5.41) is 3.72. The molecule has 0 heterocycles. The van der Waals surface area contributed by atoms with Crippen LogP contribution in [0.1, 0.15) is 58.9 Å². The lowest BCUT2D eigenvalue weighted by Gasteiger charge is -2.36. The van der Waals surface area contributed by atoms with Crippen molar-refractivity contribution >= 4 is 11.6 Å². The highest BCUT2D eigenvalue weighted by molar-refractivity contribution is 6.30. The number of hydrogen-bond acceptors (Lipinski definition) is 1. The van der Waals surface area contributed by atoms with Crippen molar-refractivity contribution in [2.75, 3.05) is 6.54 Å². The second-order valence-corrected chi connectivity index (χ2v) is 6.32. The van der Waals surface area contributed by atoms with Crippen LogP contribution >= 0.6 is 11.6 Å². The summed E-state index contributed by atoms with van der Waals surface area (Å²) in [5.41, 5.74) is 0.602. The molecule has 3 heteroatoms. The molecule has 0 fully saturated rings. The third-order valence-electron chi connectivity index (χ3n) is 3.83. The van der Waals surface area contributed by atoms with E-state index in [2.05, 4.69) is 33.0 Å². The molecule has 0 aromatic heterocycles. The van der Waals surface area contributed by atoms with Crippen LogP contribution in [-0.4, -0.2) is 12.6 Å². The lowest BCUT2D eigenvalue weighted by molar-refractivity contribution is 0.314. The molecule has 0 atom stereocenters. The van der Waals surface area contributed by atoms with E-state index in [0.29, 0.717) is 6.04 Å². The molecule has 0 amide bonds. The van der Waals surface area contributed by atoms with E-state index in [0.717, 1.165) is 37.8 Å². The van der Waals surface area contributed by atoms with Gasteiger partial charge in [0.1, 0.15) is 5.82 Å². The average molecular weight is 300 g/mol. The lowest BCUT2D eigenvalue weighted by atomic mass is 9.73. The van der Waals surface area contributed by atoms with Crippen LogP contribution in [0.15, 0.2) is 18.2 Å². The van der Waals surface area contributed by atoms with Gasteiger partial charge in [-0.25, -0.2) is 4.39 Å². The van der Waals surface area contributed by atoms with Gasteiger partial charge in [0.05, 0.1) is 5.02 Å². The molecule has 1 aromatic rings. The predicted octanol–water partition coefficient (Wildman–Crippen LogP) is 5.32. The Hall–Kier alpha value is -0.600. The molecule has 0 saturated carbocycles. The van der Waals surface area contributed by atoms with E-state index in [4.69, 9.17) is 11.6 Å². The van der Waals surface area contributed by atoms with Gasteiger partial charge in [0, 0.05) is 18.0 Å². The largest absolute Gasteiger partial charge is 0.314 e. The molecule has 0 bridgehead atoms. The highest BCUT2D eigenvalue weighted by Gasteiger charge is 2.33. The standard InChI is InChI=1S/C17H27ClFN/c1-5-10-17(11-6-2,12-20-13(3)4)14-8-7-9-15(18)16(14)19/h7-9,13,20H,5-6,10-12H2,1-4H3. The summed E-state index contributed by atoms with van der Waals surface area (Å²) < 4.78 is 14.5. The Balaban J connectivity index is 3.21. The normalized spacial score (nSPS) is 12.2. The van der Waals surface area contributed by atoms with Gasteiger partial charge >= 0.3 is 0 Å². The van der Waals surface area contributed by atoms with Crippen LogP contribution < -0.4 is 5.32 Å². The molecular weight excluding hydrogens is 273 g/mol. The second-order valence-electron chi connectivity index (χ2n) is 5.92. The van der Waals surface area contributed by atoms with E-state index in [1.54, 1.807) is 6.07 Å². The van der Waals surface area contributed by atoms with Gasteiger partial charge < -0.3 is 5.32 Å². The van der Waals surface area contributed by atoms with E-state index in [1.165, 1.54) is 0 Å². The zero-order valence-corrected chi connectivity index (χ0v) is 13.9. The molecule has 0 unspecified atom stereocenters. The monoisotopic (exact) mass is 299 g/mol. The molecule has 20 heavy (non-hydrogen) atoms. The Kier molecular flexibility index (Phi) is 6.97. The van der Waals surface area contributed by atoms with Gasteiger partial charge in [0.25, 0.3) is 0 Å². The van der Waals surface area contributed by atoms with Crippen LogP contribution in [0.25, 0.3) is 0 Å². The zero-order chi connectivity index (χ0) is 15.2. The van der Waals surface area contributed by atoms with Gasteiger partial charge in [-0.15, -0.1) is 0 Å². The summed E-state index contributed by atoms with van der Waals surface area (Å²) in [6, 6.07) is 5.77. The van der Waals surface area contributed by atoms with Crippen molar-refractivity contribution in [1.29, 1.82) is 0 Å². The number of nitrogens with one attached hydrogen (secondary N) is 1. The Labute approximate surface area is 127 Å². The number of halogens is 2. The zero-order valence-electron chi connectivity index (χ0n) is 13.1. The maximum Gasteiger partial charge on any atom is 0.145 e. The first kappa shape index (κ1) is 17.5. The van der Waals surface area contributed by atoms with E-state index in [1.807, 2.05) is 12.1 Å². The summed E-state index contributed by atoms with van der Waals surface area (Å²) in [6.07, 6.45) is 4.01. The third kappa shape index (κ3) is 4.20. The summed E-state index contributed by atoms with van der Waals surface area (Å²) in [6.45, 7) is 9.35. The van der Waals surface area contributed by atoms with Gasteiger partial charge in [-0.2, -0.15) is 0 Å². The van der Waals surface area contributed by atoms with Crippen molar-refractivity contribution < 1.29 is 4.39 Å². The van der Waals surface area contributed by atoms with Gasteiger partial charge in [0.2, 0.25) is 0 Å². The van der Waals surface area contributed by atoms with Crippen molar-refractivity contribution in [1.82, 2.24) is 5.32 Å². The van der Waals surface area contributed by atoms with Crippen LogP contribution in [0.3, 0.4) is 0 Å². The minimum absolute atomic E-state index is 0.164. The fourth-order valence-electron chi connectivity index (χ4n) is 2.94. The SMILES string of the molecule is CCCC(CCC)(CNC(C)C)c1cccc(Cl)c1F. The highest BCUT2D eigenvalue weighted by atomic mass is 35.5. The molecule has 0 aliphatic carbocycles. The van der Waals surface area contributed by atoms with Gasteiger partial charge in [-0.3, -0.25) is 0 Å². The van der Waals surface area contributed by atoms with Gasteiger partial charge in [0.15, 0.2) is 0 Å². The minimum Gasteiger partial charge on any atom is -0.314 e. The molecule has 1 aromatic carbocycles. The maximum atomic E-state index is 14.5. The smallest absolute Gasteiger partial charge is 0.145 e. The number of rotatable bonds is 8. The highest BCUT2D eigenvalue weighted by Crippen LogP contribution is 2.37. The van der Waals surface area contributed by atoms with E-state index >= 15 is 0 Å². The fraction of sp³-hybridized carbons (Fsp3) is 0.647. The maximum absolute atomic E-state index is 14.5. The molecule has 0 saturated heterocycles. The molecule has 114 valence electrons. The topological polar surface area (TPSA) is 12.0 Å². The first-order valence-corrected chi connectivity index (χ1v) is 8.02. The Morgan fingerprint density at radius 2 is 1.80 bits per heavy atom. The molecule has 0 radical (unpaired) electrons. The Morgan fingerprint density at radius 1 is 1.20 bits per heavy atom. The molecule has 0 aliphatic rings. The van der Waals surface area contributed by atoms with Crippen LogP contribution in [0, 0.1) is 5.82 Å². The molecular formula is C17H27ClFN. The van der Waals surface area contributed by atoms with Crippen LogP contribution in [0.2, 0.25) is 5.02 Å². The summed E-state index contributed by atoms with van der Waals surface area (Å²) in [5.74, 6) is -0.248. The molecule has 1 rings (SSSR count). The minimum atomic E-state index is -0.248. The quantitative estimate of drug-likeness (QED) is 0.685. The summed E-state index contributed by atoms with van der Waals surface area (Å²) >= 11 is 5.99. The van der Waals surface area contributed by atoms with Crippen molar-refractivity contribution in [3.05, 3.63) is 34.6 Å². The van der Waals surface area contributed by atoms with Gasteiger partial charge in [-0.1, -0.05) is 64.3 Å². The average Bonchev–Trinajstić information content (AvgIpc) is 2.40. The number of benzene rings is 1. The predicted molar refractivity (Wildman–Crippen MR) is 86.0 cm³/mol. The Bertz CT molecular complexity index is 411. The Morgan fingerprint density at radius 3 is 2.30 bits per heavy atom. The van der Waals surface area contributed by atoms with Crippen LogP contribution in [-0.2, 0) is 5.41 Å². The first-order valence-electron chi connectivity index (χ1n) is 7.64. The molecule has 0 aliphatic heterocycles. The fourth-order valence-corrected chi connectivity index (χ4v) is 3.11. The van der Waals surface area contributed by atoms with E-state index in [-0.39, 0.29) is 16.3 Å². The van der Waals surface area contributed by atoms with Crippen LogP contribution in [0.5, 0.6) is 0 Å². The van der Waals surface area contributed by atoms with E-state index < -0.39 is 0 Å². The lowest BCUT2D eigenvalue weighted by Crippen LogP contribution is -2.41. The van der Waals surface area contributed by atoms with Crippen molar-refractivity contribution in [2.24, 2.45) is 0 Å². The third-order valence-corrected chi connectivity index (χ3v) is 4.12. The van der Waals surface area contributed by atoms with Crippen molar-refractivity contribution in [2.45, 2.75) is 64.8 Å². The van der Waals surface area contributed by atoms with Crippen molar-refractivity contribution in [3.63, 3.8) is 0 Å². The molecule has 0 spiro atoms. The first-order chi connectivity index (χ1) is 9.46. The molecule has 1 N–H and O–H groups in total. The van der Waals surface area contributed by atoms with Gasteiger partial charge in [-0.05, 0) is 24.5 Å². The second kappa shape index (κ2) is 7.99.